The third-order valence-electron chi connectivity index (χ3n) is 2.46. The van der Waals surface area contributed by atoms with E-state index in [4.69, 9.17) is 15.6 Å². The molecule has 8 heteroatoms. The average molecular weight is 320 g/mol. The molecule has 0 saturated heterocycles. The van der Waals surface area contributed by atoms with Gasteiger partial charge in [0.1, 0.15) is 10.6 Å². The van der Waals surface area contributed by atoms with Crippen LogP contribution in [0.5, 0.6) is 5.75 Å². The van der Waals surface area contributed by atoms with E-state index in [-0.39, 0.29) is 17.3 Å². The summed E-state index contributed by atoms with van der Waals surface area (Å²) >= 11 is 1.58. The molecule has 114 valence electrons. The van der Waals surface area contributed by atoms with Crippen molar-refractivity contribution in [2.24, 2.45) is 0 Å². The Morgan fingerprint density at radius 1 is 1.40 bits per heavy atom. The third-order valence-corrected chi connectivity index (χ3v) is 5.01. The molecule has 0 fully saturated rings. The first-order chi connectivity index (χ1) is 9.51. The number of aliphatic hydroxyl groups is 1. The molecular weight excluding hydrogens is 300 g/mol. The van der Waals surface area contributed by atoms with Gasteiger partial charge >= 0.3 is 0 Å². The fourth-order valence-corrected chi connectivity index (χ4v) is 3.64. The largest absolute Gasteiger partial charge is 0.495 e. The molecule has 0 spiro atoms. The molecule has 0 saturated carbocycles. The van der Waals surface area contributed by atoms with Crippen molar-refractivity contribution in [1.29, 1.82) is 0 Å². The van der Waals surface area contributed by atoms with E-state index in [1.165, 1.54) is 19.2 Å². The van der Waals surface area contributed by atoms with Gasteiger partial charge in [0.05, 0.1) is 7.11 Å². The number of thioether (sulfide) groups is 1. The predicted octanol–water partition coefficient (Wildman–Crippen LogP) is 0.671. The van der Waals surface area contributed by atoms with Crippen molar-refractivity contribution in [3.05, 3.63) is 18.2 Å². The van der Waals surface area contributed by atoms with Crippen molar-refractivity contribution in [3.8, 4) is 5.75 Å². The van der Waals surface area contributed by atoms with E-state index >= 15 is 0 Å². The van der Waals surface area contributed by atoms with E-state index < -0.39 is 10.0 Å². The van der Waals surface area contributed by atoms with Gasteiger partial charge in [-0.3, -0.25) is 0 Å². The highest BCUT2D eigenvalue weighted by molar-refractivity contribution is 7.99. The van der Waals surface area contributed by atoms with Crippen LogP contribution in [0.2, 0.25) is 0 Å². The lowest BCUT2D eigenvalue weighted by atomic mass is 10.3. The van der Waals surface area contributed by atoms with Gasteiger partial charge in [-0.1, -0.05) is 0 Å². The van der Waals surface area contributed by atoms with Crippen LogP contribution >= 0.6 is 11.8 Å². The molecule has 0 heterocycles. The van der Waals surface area contributed by atoms with Crippen LogP contribution in [0.3, 0.4) is 0 Å². The number of nitrogen functional groups attached to an aromatic ring is 1. The number of hydrogen-bond donors (Lipinski definition) is 3. The zero-order chi connectivity index (χ0) is 15.0. The molecule has 0 radical (unpaired) electrons. The molecule has 0 unspecified atom stereocenters. The molecule has 0 aliphatic heterocycles. The molecule has 4 N–H and O–H groups in total. The Balaban J connectivity index is 2.62. The quantitative estimate of drug-likeness (QED) is 0.457. The summed E-state index contributed by atoms with van der Waals surface area (Å²) in [5, 5.41) is 8.63. The monoisotopic (exact) mass is 320 g/mol. The van der Waals surface area contributed by atoms with Crippen molar-refractivity contribution in [2.45, 2.75) is 11.3 Å². The first kappa shape index (κ1) is 17.1. The second-order valence-corrected chi connectivity index (χ2v) is 6.96. The van der Waals surface area contributed by atoms with Crippen LogP contribution in [0, 0.1) is 0 Å². The van der Waals surface area contributed by atoms with Crippen molar-refractivity contribution in [2.75, 3.05) is 37.5 Å². The Bertz CT molecular complexity index is 520. The van der Waals surface area contributed by atoms with Crippen LogP contribution in [0.25, 0.3) is 0 Å². The fraction of sp³-hybridized carbons (Fsp3) is 0.500. The fourth-order valence-electron chi connectivity index (χ4n) is 1.50. The third kappa shape index (κ3) is 5.20. The summed E-state index contributed by atoms with van der Waals surface area (Å²) in [4.78, 5) is 0.0420. The van der Waals surface area contributed by atoms with Crippen LogP contribution in [0.15, 0.2) is 23.1 Å². The highest BCUT2D eigenvalue weighted by atomic mass is 32.2. The lowest BCUT2D eigenvalue weighted by molar-refractivity contribution is 0.296. The summed E-state index contributed by atoms with van der Waals surface area (Å²) in [6.45, 7) is 0.468. The van der Waals surface area contributed by atoms with Gasteiger partial charge in [0.15, 0.2) is 0 Å². The number of sulfonamides is 1. The number of aliphatic hydroxyl groups excluding tert-OH is 1. The molecule has 0 aliphatic carbocycles. The van der Waals surface area contributed by atoms with Gasteiger partial charge in [0.2, 0.25) is 10.0 Å². The number of anilines is 1. The van der Waals surface area contributed by atoms with Crippen LogP contribution in [0.4, 0.5) is 5.69 Å². The van der Waals surface area contributed by atoms with Crippen LogP contribution < -0.4 is 15.2 Å². The Morgan fingerprint density at radius 3 is 2.80 bits per heavy atom. The molecule has 1 aromatic carbocycles. The van der Waals surface area contributed by atoms with Crippen LogP contribution in [-0.2, 0) is 10.0 Å². The second kappa shape index (κ2) is 8.35. The zero-order valence-corrected chi connectivity index (χ0v) is 13.0. The normalized spacial score (nSPS) is 11.5. The Hall–Kier alpha value is -0.960. The van der Waals surface area contributed by atoms with Crippen LogP contribution in [-0.4, -0.2) is 45.3 Å². The smallest absolute Gasteiger partial charge is 0.244 e. The summed E-state index contributed by atoms with van der Waals surface area (Å²) in [7, 11) is -2.22. The number of rotatable bonds is 9. The molecular formula is C12H20N2O4S2. The van der Waals surface area contributed by atoms with Crippen molar-refractivity contribution >= 4 is 27.5 Å². The molecule has 0 aliphatic rings. The van der Waals surface area contributed by atoms with Gasteiger partial charge in [-0.05, 0) is 30.4 Å². The Kier molecular flexibility index (Phi) is 7.14. The van der Waals surface area contributed by atoms with Gasteiger partial charge in [0, 0.05) is 24.6 Å². The average Bonchev–Trinajstić information content (AvgIpc) is 2.42. The lowest BCUT2D eigenvalue weighted by Crippen LogP contribution is -2.26. The molecule has 1 rings (SSSR count). The van der Waals surface area contributed by atoms with Crippen LogP contribution in [0.1, 0.15) is 6.42 Å². The zero-order valence-electron chi connectivity index (χ0n) is 11.3. The topological polar surface area (TPSA) is 102 Å². The number of hydrogen-bond acceptors (Lipinski definition) is 6. The number of nitrogens with one attached hydrogen (secondary N) is 1. The SMILES string of the molecule is COc1ccc(N)cc1S(=O)(=O)NCCSCCCO. The number of ether oxygens (including phenoxy) is 1. The standard InChI is InChI=1S/C12H20N2O4S2/c1-18-11-4-3-10(13)9-12(11)20(16,17)14-5-8-19-7-2-6-15/h3-4,9,14-15H,2,5-8,13H2,1H3. The van der Waals surface area contributed by atoms with E-state index in [0.29, 0.717) is 24.4 Å². The van der Waals surface area contributed by atoms with Crippen molar-refractivity contribution < 1.29 is 18.3 Å². The molecule has 0 amide bonds. The first-order valence-corrected chi connectivity index (χ1v) is 8.77. The van der Waals surface area contributed by atoms with Crippen molar-refractivity contribution in [1.82, 2.24) is 4.72 Å². The van der Waals surface area contributed by atoms with Gasteiger partial charge in [0.25, 0.3) is 0 Å². The van der Waals surface area contributed by atoms with E-state index in [0.717, 1.165) is 5.75 Å². The summed E-state index contributed by atoms with van der Waals surface area (Å²) in [6, 6.07) is 4.49. The molecule has 20 heavy (non-hydrogen) atoms. The molecule has 0 bridgehead atoms. The highest BCUT2D eigenvalue weighted by Crippen LogP contribution is 2.25. The van der Waals surface area contributed by atoms with Gasteiger partial charge in [-0.2, -0.15) is 11.8 Å². The van der Waals surface area contributed by atoms with Gasteiger partial charge in [-0.15, -0.1) is 0 Å². The summed E-state index contributed by atoms with van der Waals surface area (Å²) in [6.07, 6.45) is 0.709. The van der Waals surface area contributed by atoms with E-state index in [2.05, 4.69) is 4.72 Å². The Labute approximate surface area is 123 Å². The maximum atomic E-state index is 12.2. The van der Waals surface area contributed by atoms with E-state index in [9.17, 15) is 8.42 Å². The summed E-state index contributed by atoms with van der Waals surface area (Å²) in [5.74, 6) is 1.71. The minimum absolute atomic E-state index is 0.0420. The minimum Gasteiger partial charge on any atom is -0.495 e. The number of methoxy groups -OCH3 is 1. The molecule has 0 aromatic heterocycles. The van der Waals surface area contributed by atoms with Gasteiger partial charge in [-0.25, -0.2) is 13.1 Å². The van der Waals surface area contributed by atoms with Gasteiger partial charge < -0.3 is 15.6 Å². The predicted molar refractivity (Wildman–Crippen MR) is 81.6 cm³/mol. The summed E-state index contributed by atoms with van der Waals surface area (Å²) < 4.78 is 31.9. The second-order valence-electron chi connectivity index (χ2n) is 4.00. The van der Waals surface area contributed by atoms with E-state index in [1.54, 1.807) is 17.8 Å². The number of nitrogens with two attached hydrogens (primary N) is 1. The maximum Gasteiger partial charge on any atom is 0.244 e. The van der Waals surface area contributed by atoms with E-state index in [1.807, 2.05) is 0 Å². The lowest BCUT2D eigenvalue weighted by Gasteiger charge is -2.11. The maximum absolute atomic E-state index is 12.2. The molecule has 0 atom stereocenters. The molecule has 6 nitrogen and oxygen atoms in total. The first-order valence-electron chi connectivity index (χ1n) is 6.13. The number of benzene rings is 1. The highest BCUT2D eigenvalue weighted by Gasteiger charge is 2.19. The Morgan fingerprint density at radius 2 is 2.15 bits per heavy atom. The minimum atomic E-state index is -3.64. The molecule has 1 aromatic rings. The van der Waals surface area contributed by atoms with Crippen molar-refractivity contribution in [3.63, 3.8) is 0 Å². The summed E-state index contributed by atoms with van der Waals surface area (Å²) in [5.41, 5.74) is 5.98.